The third-order valence-electron chi connectivity index (χ3n) is 3.91. The van der Waals surface area contributed by atoms with Crippen molar-refractivity contribution in [1.29, 1.82) is 0 Å². The predicted octanol–water partition coefficient (Wildman–Crippen LogP) is 1.64. The van der Waals surface area contributed by atoms with Crippen LogP contribution in [0.2, 0.25) is 0 Å². The Hall–Kier alpha value is -1.82. The molecule has 1 aliphatic carbocycles. The molecule has 0 atom stereocenters. The van der Waals surface area contributed by atoms with Gasteiger partial charge in [-0.25, -0.2) is 4.98 Å². The lowest BCUT2D eigenvalue weighted by molar-refractivity contribution is -0.120. The molecule has 0 unspecified atom stereocenters. The molecule has 0 radical (unpaired) electrons. The molecule has 100 valence electrons. The minimum atomic E-state index is -0.188. The van der Waals surface area contributed by atoms with E-state index in [4.69, 9.17) is 5.73 Å². The van der Waals surface area contributed by atoms with Crippen LogP contribution >= 0.6 is 0 Å². The van der Waals surface area contributed by atoms with E-state index in [1.54, 1.807) is 11.0 Å². The van der Waals surface area contributed by atoms with E-state index in [0.717, 1.165) is 18.4 Å². The molecule has 1 aromatic rings. The number of aryl methyl sites for hydroxylation is 1. The zero-order valence-electron chi connectivity index (χ0n) is 10.8. The first-order valence-electron chi connectivity index (χ1n) is 6.43. The minimum absolute atomic E-state index is 0.0901. The van der Waals surface area contributed by atoms with Crippen molar-refractivity contribution in [1.82, 2.24) is 4.98 Å². The van der Waals surface area contributed by atoms with Gasteiger partial charge in [-0.05, 0) is 43.0 Å². The van der Waals surface area contributed by atoms with Gasteiger partial charge in [-0.2, -0.15) is 0 Å². The Bertz CT molecular complexity index is 548. The lowest BCUT2D eigenvalue weighted by Gasteiger charge is -2.48. The van der Waals surface area contributed by atoms with Crippen LogP contribution in [0.25, 0.3) is 0 Å². The average Bonchev–Trinajstić information content (AvgIpc) is 2.35. The van der Waals surface area contributed by atoms with Crippen LogP contribution in [0, 0.1) is 4.91 Å². The molecule has 2 N–H and O–H groups in total. The van der Waals surface area contributed by atoms with Gasteiger partial charge in [0.05, 0.1) is 6.20 Å². The summed E-state index contributed by atoms with van der Waals surface area (Å²) in [6.07, 6.45) is 4.06. The first-order valence-corrected chi connectivity index (χ1v) is 6.43. The van der Waals surface area contributed by atoms with Crippen molar-refractivity contribution in [2.75, 3.05) is 4.90 Å². The van der Waals surface area contributed by atoms with Gasteiger partial charge in [-0.15, -0.1) is 4.91 Å². The summed E-state index contributed by atoms with van der Waals surface area (Å²) in [5.41, 5.74) is 7.06. The van der Waals surface area contributed by atoms with Crippen molar-refractivity contribution in [3.8, 4) is 0 Å². The van der Waals surface area contributed by atoms with Crippen LogP contribution in [0.15, 0.2) is 17.4 Å². The monoisotopic (exact) mass is 260 g/mol. The first kappa shape index (κ1) is 12.2. The molecule has 19 heavy (non-hydrogen) atoms. The van der Waals surface area contributed by atoms with Crippen molar-refractivity contribution in [2.45, 2.75) is 44.2 Å². The van der Waals surface area contributed by atoms with E-state index in [9.17, 15) is 9.70 Å². The van der Waals surface area contributed by atoms with Gasteiger partial charge < -0.3 is 5.73 Å². The van der Waals surface area contributed by atoms with Crippen molar-refractivity contribution in [3.05, 3.63) is 22.7 Å². The summed E-state index contributed by atoms with van der Waals surface area (Å²) in [5, 5.41) is 2.89. The number of rotatable bonds is 2. The maximum absolute atomic E-state index is 12.1. The second-order valence-corrected chi connectivity index (χ2v) is 5.75. The van der Waals surface area contributed by atoms with E-state index >= 15 is 0 Å². The minimum Gasteiger partial charge on any atom is -0.325 e. The van der Waals surface area contributed by atoms with Gasteiger partial charge in [0.15, 0.2) is 0 Å². The number of amides is 1. The van der Waals surface area contributed by atoms with Gasteiger partial charge in [0.1, 0.15) is 11.5 Å². The number of anilines is 1. The van der Waals surface area contributed by atoms with Crippen LogP contribution in [-0.2, 0) is 11.2 Å². The number of nitroso groups, excluding NO2 is 1. The Morgan fingerprint density at radius 3 is 2.84 bits per heavy atom. The topological polar surface area (TPSA) is 88.6 Å². The fourth-order valence-corrected chi connectivity index (χ4v) is 3.00. The molecule has 0 saturated heterocycles. The molecule has 1 amide bonds. The number of aromatic nitrogens is 1. The number of nitrogens with two attached hydrogens (primary N) is 1. The third kappa shape index (κ3) is 2.02. The molecule has 1 saturated carbocycles. The molecule has 3 rings (SSSR count). The Kier molecular flexibility index (Phi) is 2.63. The number of pyridine rings is 1. The van der Waals surface area contributed by atoms with E-state index in [1.165, 1.54) is 6.20 Å². The van der Waals surface area contributed by atoms with Crippen LogP contribution in [0.5, 0.6) is 0 Å². The number of hydrogen-bond acceptors (Lipinski definition) is 5. The number of nitrogens with zero attached hydrogens (tertiary/aromatic N) is 3. The van der Waals surface area contributed by atoms with Crippen molar-refractivity contribution >= 4 is 17.4 Å². The standard InChI is InChI=1S/C13H16N4O2/c1-13(14)5-10(6-13)17-11(18)3-2-8-4-9(16-19)7-15-12(8)17/h4,7,10H,2-3,5-6,14H2,1H3. The molecule has 1 aliphatic heterocycles. The second-order valence-electron chi connectivity index (χ2n) is 5.75. The summed E-state index contributed by atoms with van der Waals surface area (Å²) in [6.45, 7) is 1.99. The van der Waals surface area contributed by atoms with Gasteiger partial charge in [0, 0.05) is 18.0 Å². The Labute approximate surface area is 111 Å². The lowest BCUT2D eigenvalue weighted by atomic mass is 9.73. The van der Waals surface area contributed by atoms with Gasteiger partial charge in [-0.3, -0.25) is 9.69 Å². The van der Waals surface area contributed by atoms with E-state index in [1.807, 2.05) is 6.92 Å². The van der Waals surface area contributed by atoms with E-state index in [0.29, 0.717) is 24.3 Å². The number of carbonyl (C=O) groups excluding carboxylic acids is 1. The lowest BCUT2D eigenvalue weighted by Crippen LogP contribution is -2.60. The SMILES string of the molecule is CC1(N)CC(N2C(=O)CCc3cc(N=O)cnc32)C1. The Morgan fingerprint density at radius 1 is 1.47 bits per heavy atom. The Balaban J connectivity index is 1.94. The molecule has 6 heteroatoms. The zero-order chi connectivity index (χ0) is 13.6. The van der Waals surface area contributed by atoms with Crippen LogP contribution in [0.4, 0.5) is 11.5 Å². The average molecular weight is 260 g/mol. The largest absolute Gasteiger partial charge is 0.325 e. The van der Waals surface area contributed by atoms with Crippen LogP contribution in [0.1, 0.15) is 31.7 Å². The smallest absolute Gasteiger partial charge is 0.228 e. The molecular weight excluding hydrogens is 244 g/mol. The molecule has 0 bridgehead atoms. The summed E-state index contributed by atoms with van der Waals surface area (Å²) < 4.78 is 0. The third-order valence-corrected chi connectivity index (χ3v) is 3.91. The van der Waals surface area contributed by atoms with Crippen LogP contribution < -0.4 is 10.6 Å². The molecule has 1 aromatic heterocycles. The quantitative estimate of drug-likeness (QED) is 0.818. The first-order chi connectivity index (χ1) is 9.00. The molecule has 2 heterocycles. The fourth-order valence-electron chi connectivity index (χ4n) is 3.00. The van der Waals surface area contributed by atoms with Gasteiger partial charge in [0.25, 0.3) is 0 Å². The Morgan fingerprint density at radius 2 is 2.21 bits per heavy atom. The van der Waals surface area contributed by atoms with Crippen molar-refractivity contribution in [2.24, 2.45) is 10.9 Å². The molecule has 6 nitrogen and oxygen atoms in total. The maximum Gasteiger partial charge on any atom is 0.228 e. The van der Waals surface area contributed by atoms with E-state index in [2.05, 4.69) is 10.2 Å². The highest BCUT2D eigenvalue weighted by Gasteiger charge is 2.44. The van der Waals surface area contributed by atoms with E-state index in [-0.39, 0.29) is 17.5 Å². The van der Waals surface area contributed by atoms with Crippen LogP contribution in [0.3, 0.4) is 0 Å². The maximum atomic E-state index is 12.1. The summed E-state index contributed by atoms with van der Waals surface area (Å²) in [5.74, 6) is 0.761. The number of fused-ring (bicyclic) bond motifs is 1. The number of hydrogen-bond donors (Lipinski definition) is 1. The normalized spacial score (nSPS) is 29.7. The highest BCUT2D eigenvalue weighted by atomic mass is 16.3. The predicted molar refractivity (Wildman–Crippen MR) is 71.1 cm³/mol. The summed E-state index contributed by atoms with van der Waals surface area (Å²) >= 11 is 0. The van der Waals surface area contributed by atoms with Crippen molar-refractivity contribution < 1.29 is 4.79 Å². The molecular formula is C13H16N4O2. The molecule has 0 aromatic carbocycles. The summed E-state index contributed by atoms with van der Waals surface area (Å²) in [7, 11) is 0. The molecule has 0 spiro atoms. The molecule has 1 fully saturated rings. The van der Waals surface area contributed by atoms with Gasteiger partial charge >= 0.3 is 0 Å². The highest BCUT2D eigenvalue weighted by Crippen LogP contribution is 2.39. The summed E-state index contributed by atoms with van der Waals surface area (Å²) in [6, 6.07) is 1.85. The highest BCUT2D eigenvalue weighted by molar-refractivity contribution is 5.96. The molecule has 2 aliphatic rings. The van der Waals surface area contributed by atoms with Crippen LogP contribution in [-0.4, -0.2) is 22.5 Å². The van der Waals surface area contributed by atoms with E-state index < -0.39 is 0 Å². The van der Waals surface area contributed by atoms with Crippen molar-refractivity contribution in [3.63, 3.8) is 0 Å². The van der Waals surface area contributed by atoms with Gasteiger partial charge in [-0.1, -0.05) is 0 Å². The summed E-state index contributed by atoms with van der Waals surface area (Å²) in [4.78, 5) is 28.6. The fraction of sp³-hybridized carbons (Fsp3) is 0.538. The van der Waals surface area contributed by atoms with Gasteiger partial charge in [0.2, 0.25) is 5.91 Å². The number of carbonyl (C=O) groups is 1. The zero-order valence-corrected chi connectivity index (χ0v) is 10.8. The second kappa shape index (κ2) is 4.09.